The fourth-order valence-electron chi connectivity index (χ4n) is 2.90. The zero-order valence-corrected chi connectivity index (χ0v) is 18.3. The second kappa shape index (κ2) is 12.3. The van der Waals surface area contributed by atoms with E-state index in [2.05, 4.69) is 48.2 Å². The molecule has 0 bridgehead atoms. The number of piperidine rings is 1. The lowest BCUT2D eigenvalue weighted by molar-refractivity contribution is 0.203. The number of hydrogen-bond donors (Lipinski definition) is 2. The maximum atomic E-state index is 4.37. The van der Waals surface area contributed by atoms with Crippen LogP contribution in [-0.2, 0) is 0 Å². The molecule has 0 aliphatic carbocycles. The van der Waals surface area contributed by atoms with Gasteiger partial charge in [0.25, 0.3) is 0 Å². The van der Waals surface area contributed by atoms with Gasteiger partial charge in [-0.3, -0.25) is 4.99 Å². The van der Waals surface area contributed by atoms with Crippen molar-refractivity contribution in [1.82, 2.24) is 15.5 Å². The minimum Gasteiger partial charge on any atom is -0.356 e. The molecule has 138 valence electrons. The van der Waals surface area contributed by atoms with E-state index < -0.39 is 0 Å². The van der Waals surface area contributed by atoms with Crippen LogP contribution in [0.25, 0.3) is 0 Å². The second-order valence-corrected chi connectivity index (χ2v) is 7.78. The first-order valence-electron chi connectivity index (χ1n) is 9.14. The number of nitrogens with zero attached hydrogens (tertiary/aromatic N) is 2. The molecule has 0 spiro atoms. The van der Waals surface area contributed by atoms with Crippen LogP contribution in [0.1, 0.15) is 66.2 Å². The van der Waals surface area contributed by atoms with Gasteiger partial charge in [0.15, 0.2) is 5.96 Å². The van der Waals surface area contributed by atoms with Crippen molar-refractivity contribution in [2.45, 2.75) is 72.3 Å². The first kappa shape index (κ1) is 23.0. The van der Waals surface area contributed by atoms with Crippen molar-refractivity contribution in [1.29, 1.82) is 0 Å². The Labute approximate surface area is 161 Å². The molecule has 0 radical (unpaired) electrons. The van der Waals surface area contributed by atoms with Crippen molar-refractivity contribution in [3.05, 3.63) is 0 Å². The summed E-state index contributed by atoms with van der Waals surface area (Å²) in [7, 11) is 1.87. The van der Waals surface area contributed by atoms with Crippen LogP contribution >= 0.6 is 24.0 Å². The first-order valence-corrected chi connectivity index (χ1v) is 9.14. The lowest BCUT2D eigenvalue weighted by Crippen LogP contribution is -2.49. The van der Waals surface area contributed by atoms with E-state index >= 15 is 0 Å². The highest BCUT2D eigenvalue weighted by molar-refractivity contribution is 14.0. The monoisotopic (exact) mass is 438 g/mol. The standard InChI is InChI=1S/C18H38N4.HI/c1-6-7-13-22-14-9-16(10-15-22)21-17(19-5)20-12-8-11-18(2,3)4;/h16H,6-15H2,1-5H3,(H2,19,20,21);1H. The summed E-state index contributed by atoms with van der Waals surface area (Å²) < 4.78 is 0. The van der Waals surface area contributed by atoms with E-state index in [1.54, 1.807) is 0 Å². The molecular formula is C18H39IN4. The summed E-state index contributed by atoms with van der Waals surface area (Å²) >= 11 is 0. The van der Waals surface area contributed by atoms with Gasteiger partial charge >= 0.3 is 0 Å². The van der Waals surface area contributed by atoms with E-state index in [9.17, 15) is 0 Å². The molecule has 1 fully saturated rings. The Bertz CT molecular complexity index is 317. The molecule has 0 atom stereocenters. The molecular weight excluding hydrogens is 399 g/mol. The normalized spacial score (nSPS) is 17.7. The van der Waals surface area contributed by atoms with Gasteiger partial charge in [0.2, 0.25) is 0 Å². The van der Waals surface area contributed by atoms with Crippen molar-refractivity contribution in [3.63, 3.8) is 0 Å². The number of likely N-dealkylation sites (tertiary alicyclic amines) is 1. The van der Waals surface area contributed by atoms with Gasteiger partial charge in [0.05, 0.1) is 0 Å². The number of halogens is 1. The van der Waals surface area contributed by atoms with Gasteiger partial charge in [-0.1, -0.05) is 34.1 Å². The molecule has 0 saturated carbocycles. The van der Waals surface area contributed by atoms with E-state index in [4.69, 9.17) is 0 Å². The van der Waals surface area contributed by atoms with Crippen LogP contribution in [0.15, 0.2) is 4.99 Å². The summed E-state index contributed by atoms with van der Waals surface area (Å²) in [5.74, 6) is 0.973. The fraction of sp³-hybridized carbons (Fsp3) is 0.944. The number of nitrogens with one attached hydrogen (secondary N) is 2. The van der Waals surface area contributed by atoms with Gasteiger partial charge in [0, 0.05) is 32.7 Å². The molecule has 1 heterocycles. The Morgan fingerprint density at radius 3 is 2.35 bits per heavy atom. The lowest BCUT2D eigenvalue weighted by Gasteiger charge is -2.33. The Kier molecular flexibility index (Phi) is 12.3. The van der Waals surface area contributed by atoms with Crippen LogP contribution < -0.4 is 10.6 Å². The van der Waals surface area contributed by atoms with Gasteiger partial charge in [-0.25, -0.2) is 0 Å². The molecule has 23 heavy (non-hydrogen) atoms. The van der Waals surface area contributed by atoms with E-state index in [1.807, 2.05) is 7.05 Å². The topological polar surface area (TPSA) is 39.7 Å². The lowest BCUT2D eigenvalue weighted by atomic mass is 9.91. The number of guanidine groups is 1. The molecule has 1 aliphatic rings. The van der Waals surface area contributed by atoms with Crippen molar-refractivity contribution in [3.8, 4) is 0 Å². The maximum absolute atomic E-state index is 4.37. The Morgan fingerprint density at radius 2 is 1.83 bits per heavy atom. The van der Waals surface area contributed by atoms with E-state index in [1.165, 1.54) is 58.2 Å². The van der Waals surface area contributed by atoms with Crippen molar-refractivity contribution in [2.24, 2.45) is 10.4 Å². The average molecular weight is 438 g/mol. The number of rotatable bonds is 7. The van der Waals surface area contributed by atoms with Crippen LogP contribution in [0.2, 0.25) is 0 Å². The van der Waals surface area contributed by atoms with Crippen LogP contribution in [0, 0.1) is 5.41 Å². The highest BCUT2D eigenvalue weighted by Gasteiger charge is 2.19. The van der Waals surface area contributed by atoms with Crippen LogP contribution in [-0.4, -0.2) is 50.1 Å². The average Bonchev–Trinajstić information content (AvgIpc) is 2.48. The van der Waals surface area contributed by atoms with E-state index in [-0.39, 0.29) is 24.0 Å². The van der Waals surface area contributed by atoms with Gasteiger partial charge < -0.3 is 15.5 Å². The van der Waals surface area contributed by atoms with Gasteiger partial charge in [-0.05, 0) is 44.1 Å². The highest BCUT2D eigenvalue weighted by Crippen LogP contribution is 2.19. The van der Waals surface area contributed by atoms with Crippen LogP contribution in [0.3, 0.4) is 0 Å². The van der Waals surface area contributed by atoms with Crippen molar-refractivity contribution < 1.29 is 0 Å². The molecule has 0 amide bonds. The minimum absolute atomic E-state index is 0. The zero-order valence-electron chi connectivity index (χ0n) is 16.0. The van der Waals surface area contributed by atoms with Crippen molar-refractivity contribution >= 4 is 29.9 Å². The number of unbranched alkanes of at least 4 members (excludes halogenated alkanes) is 1. The van der Waals surface area contributed by atoms with Gasteiger partial charge in [0.1, 0.15) is 0 Å². The Morgan fingerprint density at radius 1 is 1.17 bits per heavy atom. The summed E-state index contributed by atoms with van der Waals surface area (Å²) in [5.41, 5.74) is 0.421. The summed E-state index contributed by atoms with van der Waals surface area (Å²) in [6, 6.07) is 0.576. The Balaban J connectivity index is 0.00000484. The summed E-state index contributed by atoms with van der Waals surface area (Å²) in [6.07, 6.45) is 7.52. The SMILES string of the molecule is CCCCN1CCC(NC(=NC)NCCCC(C)(C)C)CC1.I. The van der Waals surface area contributed by atoms with Crippen LogP contribution in [0.5, 0.6) is 0 Å². The smallest absolute Gasteiger partial charge is 0.191 e. The first-order chi connectivity index (χ1) is 10.4. The van der Waals surface area contributed by atoms with Gasteiger partial charge in [-0.15, -0.1) is 24.0 Å². The maximum Gasteiger partial charge on any atom is 0.191 e. The molecule has 0 aromatic carbocycles. The molecule has 2 N–H and O–H groups in total. The minimum atomic E-state index is 0. The molecule has 1 rings (SSSR count). The zero-order chi connectivity index (χ0) is 16.4. The summed E-state index contributed by atoms with van der Waals surface area (Å²) in [4.78, 5) is 6.96. The molecule has 0 aromatic rings. The van der Waals surface area contributed by atoms with Crippen LogP contribution in [0.4, 0.5) is 0 Å². The summed E-state index contributed by atoms with van der Waals surface area (Å²) in [5, 5.41) is 7.05. The Hall–Kier alpha value is -0.0400. The predicted molar refractivity (Wildman–Crippen MR) is 113 cm³/mol. The molecule has 0 aromatic heterocycles. The predicted octanol–water partition coefficient (Wildman–Crippen LogP) is 3.86. The molecule has 4 nitrogen and oxygen atoms in total. The highest BCUT2D eigenvalue weighted by atomic mass is 127. The largest absolute Gasteiger partial charge is 0.356 e. The quantitative estimate of drug-likeness (QED) is 0.275. The third-order valence-corrected chi connectivity index (χ3v) is 4.38. The molecule has 0 unspecified atom stereocenters. The summed E-state index contributed by atoms with van der Waals surface area (Å²) in [6.45, 7) is 13.9. The molecule has 5 heteroatoms. The van der Waals surface area contributed by atoms with E-state index in [0.717, 1.165) is 12.5 Å². The molecule has 1 aliphatic heterocycles. The number of aliphatic imine (C=N–C) groups is 1. The third kappa shape index (κ3) is 11.2. The van der Waals surface area contributed by atoms with Crippen molar-refractivity contribution in [2.75, 3.05) is 33.2 Å². The fourth-order valence-corrected chi connectivity index (χ4v) is 2.90. The second-order valence-electron chi connectivity index (χ2n) is 7.78. The number of hydrogen-bond acceptors (Lipinski definition) is 2. The third-order valence-electron chi connectivity index (χ3n) is 4.38. The van der Waals surface area contributed by atoms with Gasteiger partial charge in [-0.2, -0.15) is 0 Å². The molecule has 1 saturated heterocycles. The van der Waals surface area contributed by atoms with E-state index in [0.29, 0.717) is 11.5 Å².